The first kappa shape index (κ1) is 8.50. The molecule has 0 fully saturated rings. The number of fused-ring (bicyclic) bond motifs is 1. The van der Waals surface area contributed by atoms with Crippen molar-refractivity contribution in [1.29, 1.82) is 0 Å². The minimum Gasteiger partial charge on any atom is -0.477 e. The van der Waals surface area contributed by atoms with E-state index in [4.69, 9.17) is 5.11 Å². The summed E-state index contributed by atoms with van der Waals surface area (Å²) < 4.78 is 0. The van der Waals surface area contributed by atoms with Crippen LogP contribution < -0.4 is 0 Å². The first-order valence-corrected chi connectivity index (χ1v) is 4.03. The third-order valence-electron chi connectivity index (χ3n) is 2.08. The lowest BCUT2D eigenvalue weighted by molar-refractivity contribution is 0.0688. The number of aromatic nitrogens is 1. The number of carbonyl (C=O) groups excluding carboxylic acids is 1. The molecule has 0 spiro atoms. The van der Waals surface area contributed by atoms with Crippen LogP contribution in [0.2, 0.25) is 0 Å². The van der Waals surface area contributed by atoms with E-state index >= 15 is 0 Å². The predicted molar refractivity (Wildman–Crippen MR) is 50.6 cm³/mol. The molecule has 14 heavy (non-hydrogen) atoms. The number of carboxylic acid groups (broad SMARTS) is 1. The van der Waals surface area contributed by atoms with Crippen molar-refractivity contribution >= 4 is 23.2 Å². The van der Waals surface area contributed by atoms with Gasteiger partial charge in [0.15, 0.2) is 6.29 Å². The van der Waals surface area contributed by atoms with Gasteiger partial charge in [-0.1, -0.05) is 18.2 Å². The fraction of sp³-hybridized carbons (Fsp3) is 0. The lowest BCUT2D eigenvalue weighted by Gasteiger charge is -1.88. The molecule has 0 bridgehead atoms. The lowest BCUT2D eigenvalue weighted by atomic mass is 10.1. The van der Waals surface area contributed by atoms with E-state index in [0.29, 0.717) is 17.2 Å². The topological polar surface area (TPSA) is 70.2 Å². The van der Waals surface area contributed by atoms with Gasteiger partial charge in [-0.15, -0.1) is 0 Å². The molecule has 0 amide bonds. The molecule has 0 aliphatic heterocycles. The Morgan fingerprint density at radius 2 is 2.07 bits per heavy atom. The van der Waals surface area contributed by atoms with Crippen molar-refractivity contribution in [2.45, 2.75) is 0 Å². The molecule has 2 rings (SSSR count). The van der Waals surface area contributed by atoms with Gasteiger partial charge in [-0.05, 0) is 6.07 Å². The number of H-pyrrole nitrogens is 1. The van der Waals surface area contributed by atoms with Gasteiger partial charge in [-0.3, -0.25) is 4.79 Å². The molecular formula is C10H7NO3. The van der Waals surface area contributed by atoms with Crippen LogP contribution in [0.3, 0.4) is 0 Å². The summed E-state index contributed by atoms with van der Waals surface area (Å²) in [5, 5.41) is 9.45. The van der Waals surface area contributed by atoms with E-state index in [1.54, 1.807) is 24.3 Å². The van der Waals surface area contributed by atoms with Gasteiger partial charge in [0.05, 0.1) is 5.56 Å². The Bertz CT molecular complexity index is 513. The van der Waals surface area contributed by atoms with Gasteiger partial charge in [-0.2, -0.15) is 0 Å². The van der Waals surface area contributed by atoms with Crippen molar-refractivity contribution < 1.29 is 14.7 Å². The summed E-state index contributed by atoms with van der Waals surface area (Å²) in [4.78, 5) is 24.2. The number of hydrogen-bond acceptors (Lipinski definition) is 2. The van der Waals surface area contributed by atoms with Crippen molar-refractivity contribution in [3.63, 3.8) is 0 Å². The highest BCUT2D eigenvalue weighted by atomic mass is 16.4. The van der Waals surface area contributed by atoms with Crippen molar-refractivity contribution in [2.24, 2.45) is 0 Å². The van der Waals surface area contributed by atoms with Crippen molar-refractivity contribution in [3.8, 4) is 0 Å². The Balaban J connectivity index is 2.85. The summed E-state index contributed by atoms with van der Waals surface area (Å²) in [6.45, 7) is 0. The fourth-order valence-electron chi connectivity index (χ4n) is 1.45. The Labute approximate surface area is 79.2 Å². The highest BCUT2D eigenvalue weighted by Crippen LogP contribution is 2.20. The van der Waals surface area contributed by atoms with Gasteiger partial charge in [0.2, 0.25) is 0 Å². The number of rotatable bonds is 2. The molecule has 0 radical (unpaired) electrons. The Morgan fingerprint density at radius 3 is 2.71 bits per heavy atom. The van der Waals surface area contributed by atoms with Crippen LogP contribution in [0.25, 0.3) is 10.9 Å². The van der Waals surface area contributed by atoms with Gasteiger partial charge in [-0.25, -0.2) is 4.79 Å². The molecule has 0 atom stereocenters. The average Bonchev–Trinajstić information content (AvgIpc) is 2.56. The number of para-hydroxylation sites is 1. The molecule has 0 saturated carbocycles. The molecular weight excluding hydrogens is 182 g/mol. The van der Waals surface area contributed by atoms with Gasteiger partial charge >= 0.3 is 5.97 Å². The predicted octanol–water partition coefficient (Wildman–Crippen LogP) is 1.68. The zero-order valence-electron chi connectivity index (χ0n) is 7.15. The Kier molecular flexibility index (Phi) is 1.81. The number of carbonyl (C=O) groups is 2. The summed E-state index contributed by atoms with van der Waals surface area (Å²) in [6.07, 6.45) is 0.558. The van der Waals surface area contributed by atoms with E-state index in [2.05, 4.69) is 4.98 Å². The SMILES string of the molecule is O=Cc1c(C(=O)O)[nH]c2ccccc12. The number of aromatic amines is 1. The van der Waals surface area contributed by atoms with Crippen molar-refractivity contribution in [2.75, 3.05) is 0 Å². The van der Waals surface area contributed by atoms with Crippen LogP contribution in [-0.2, 0) is 0 Å². The fourth-order valence-corrected chi connectivity index (χ4v) is 1.45. The maximum absolute atomic E-state index is 10.8. The number of hydrogen-bond donors (Lipinski definition) is 2. The van der Waals surface area contributed by atoms with Gasteiger partial charge in [0.25, 0.3) is 0 Å². The maximum atomic E-state index is 10.8. The summed E-state index contributed by atoms with van der Waals surface area (Å²) in [7, 11) is 0. The van der Waals surface area contributed by atoms with Crippen LogP contribution >= 0.6 is 0 Å². The maximum Gasteiger partial charge on any atom is 0.353 e. The van der Waals surface area contributed by atoms with E-state index in [1.807, 2.05) is 0 Å². The minimum atomic E-state index is -1.12. The number of benzene rings is 1. The van der Waals surface area contributed by atoms with E-state index in [9.17, 15) is 9.59 Å². The first-order chi connectivity index (χ1) is 6.74. The number of nitrogens with one attached hydrogen (secondary N) is 1. The molecule has 0 saturated heterocycles. The van der Waals surface area contributed by atoms with E-state index in [1.165, 1.54) is 0 Å². The second-order valence-electron chi connectivity index (χ2n) is 2.88. The third-order valence-corrected chi connectivity index (χ3v) is 2.08. The molecule has 0 aliphatic rings. The Morgan fingerprint density at radius 1 is 1.36 bits per heavy atom. The first-order valence-electron chi connectivity index (χ1n) is 4.03. The minimum absolute atomic E-state index is 0.0544. The number of aldehydes is 1. The van der Waals surface area contributed by atoms with E-state index < -0.39 is 5.97 Å². The van der Waals surface area contributed by atoms with Gasteiger partial charge in [0.1, 0.15) is 5.69 Å². The molecule has 4 heteroatoms. The van der Waals surface area contributed by atoms with Crippen LogP contribution in [-0.4, -0.2) is 22.3 Å². The quantitative estimate of drug-likeness (QED) is 0.706. The highest BCUT2D eigenvalue weighted by molar-refractivity contribution is 6.07. The van der Waals surface area contributed by atoms with Crippen LogP contribution in [0.5, 0.6) is 0 Å². The van der Waals surface area contributed by atoms with Crippen LogP contribution in [0.4, 0.5) is 0 Å². The van der Waals surface area contributed by atoms with E-state index in [-0.39, 0.29) is 11.3 Å². The van der Waals surface area contributed by atoms with Gasteiger partial charge < -0.3 is 10.1 Å². The molecule has 2 N–H and O–H groups in total. The lowest BCUT2D eigenvalue weighted by Crippen LogP contribution is -2.00. The van der Waals surface area contributed by atoms with Crippen LogP contribution in [0.1, 0.15) is 20.8 Å². The van der Waals surface area contributed by atoms with Crippen molar-refractivity contribution in [3.05, 3.63) is 35.5 Å². The van der Waals surface area contributed by atoms with Crippen LogP contribution in [0.15, 0.2) is 24.3 Å². The van der Waals surface area contributed by atoms with Crippen LogP contribution in [0, 0.1) is 0 Å². The average molecular weight is 189 g/mol. The zero-order valence-corrected chi connectivity index (χ0v) is 7.15. The summed E-state index contributed by atoms with van der Waals surface area (Å²) in [6, 6.07) is 6.98. The molecule has 0 aliphatic carbocycles. The smallest absolute Gasteiger partial charge is 0.353 e. The second kappa shape index (κ2) is 2.99. The second-order valence-corrected chi connectivity index (χ2v) is 2.88. The molecule has 0 unspecified atom stereocenters. The largest absolute Gasteiger partial charge is 0.477 e. The van der Waals surface area contributed by atoms with Crippen molar-refractivity contribution in [1.82, 2.24) is 4.98 Å². The summed E-state index contributed by atoms with van der Waals surface area (Å²) in [5.41, 5.74) is 0.807. The highest BCUT2D eigenvalue weighted by Gasteiger charge is 2.15. The Hall–Kier alpha value is -2.10. The summed E-state index contributed by atoms with van der Waals surface area (Å²) in [5.74, 6) is -1.12. The number of carboxylic acids is 1. The standard InChI is InChI=1S/C10H7NO3/c12-5-7-6-3-1-2-4-8(6)11-9(7)10(13)14/h1-5,11H,(H,13,14). The van der Waals surface area contributed by atoms with Gasteiger partial charge in [0, 0.05) is 10.9 Å². The number of aromatic carboxylic acids is 1. The van der Waals surface area contributed by atoms with E-state index in [0.717, 1.165) is 0 Å². The monoisotopic (exact) mass is 189 g/mol. The molecule has 1 heterocycles. The molecule has 1 aromatic carbocycles. The molecule has 1 aromatic heterocycles. The molecule has 4 nitrogen and oxygen atoms in total. The molecule has 2 aromatic rings. The summed E-state index contributed by atoms with van der Waals surface area (Å²) >= 11 is 0. The zero-order chi connectivity index (χ0) is 10.1. The third kappa shape index (κ3) is 1.08. The normalized spacial score (nSPS) is 10.3. The molecule has 70 valence electrons.